The van der Waals surface area contributed by atoms with Gasteiger partial charge in [0, 0.05) is 26.3 Å². The van der Waals surface area contributed by atoms with Crippen molar-refractivity contribution in [2.45, 2.75) is 39.5 Å². The van der Waals surface area contributed by atoms with E-state index in [-0.39, 0.29) is 11.8 Å². The van der Waals surface area contributed by atoms with Crippen molar-refractivity contribution >= 4 is 16.9 Å². The molecule has 1 aliphatic carbocycles. The van der Waals surface area contributed by atoms with Crippen molar-refractivity contribution in [2.75, 3.05) is 13.6 Å². The molecule has 0 unspecified atom stereocenters. The van der Waals surface area contributed by atoms with Crippen LogP contribution >= 0.6 is 0 Å². The van der Waals surface area contributed by atoms with Gasteiger partial charge in [-0.1, -0.05) is 13.8 Å². The first-order chi connectivity index (χ1) is 10.4. The van der Waals surface area contributed by atoms with Gasteiger partial charge in [-0.25, -0.2) is 4.98 Å². The van der Waals surface area contributed by atoms with Gasteiger partial charge in [0.05, 0.1) is 16.6 Å². The summed E-state index contributed by atoms with van der Waals surface area (Å²) in [7, 11) is 3.78. The third kappa shape index (κ3) is 2.60. The second kappa shape index (κ2) is 5.38. The van der Waals surface area contributed by atoms with E-state index in [9.17, 15) is 4.79 Å². The van der Waals surface area contributed by atoms with Gasteiger partial charge in [-0.2, -0.15) is 5.10 Å². The fraction of sp³-hybridized carbons (Fsp3) is 0.588. The molecule has 0 atom stereocenters. The summed E-state index contributed by atoms with van der Waals surface area (Å²) in [5.41, 5.74) is 3.34. The molecule has 22 heavy (non-hydrogen) atoms. The molecule has 0 spiro atoms. The SMILES string of the molecule is Cc1nn(C)c2nc(C(C)C)cc(C(=O)N(C)CC3CC3)c12. The van der Waals surface area contributed by atoms with Gasteiger partial charge in [0.15, 0.2) is 5.65 Å². The van der Waals surface area contributed by atoms with Crippen molar-refractivity contribution in [3.8, 4) is 0 Å². The van der Waals surface area contributed by atoms with E-state index >= 15 is 0 Å². The highest BCUT2D eigenvalue weighted by atomic mass is 16.2. The lowest BCUT2D eigenvalue weighted by atomic mass is 10.0. The minimum Gasteiger partial charge on any atom is -0.341 e. The van der Waals surface area contributed by atoms with E-state index in [1.807, 2.05) is 32.0 Å². The van der Waals surface area contributed by atoms with Gasteiger partial charge < -0.3 is 4.90 Å². The van der Waals surface area contributed by atoms with E-state index in [1.165, 1.54) is 12.8 Å². The highest BCUT2D eigenvalue weighted by Crippen LogP contribution is 2.31. The molecule has 2 heterocycles. The Bertz CT molecular complexity index is 728. The first kappa shape index (κ1) is 15.0. The van der Waals surface area contributed by atoms with Gasteiger partial charge in [0.2, 0.25) is 0 Å². The molecule has 1 amide bonds. The van der Waals surface area contributed by atoms with E-state index in [0.717, 1.165) is 34.5 Å². The number of hydrogen-bond donors (Lipinski definition) is 0. The Morgan fingerprint density at radius 3 is 2.73 bits per heavy atom. The maximum absolute atomic E-state index is 12.9. The molecule has 3 rings (SSSR count). The second-order valence-electron chi connectivity index (χ2n) is 6.79. The molecule has 5 heteroatoms. The molecular weight excluding hydrogens is 276 g/mol. The van der Waals surface area contributed by atoms with Crippen LogP contribution in [0.25, 0.3) is 11.0 Å². The number of carbonyl (C=O) groups excluding carboxylic acids is 1. The van der Waals surface area contributed by atoms with Crippen molar-refractivity contribution in [3.63, 3.8) is 0 Å². The van der Waals surface area contributed by atoms with Crippen molar-refractivity contribution in [3.05, 3.63) is 23.0 Å². The number of aryl methyl sites for hydroxylation is 2. The van der Waals surface area contributed by atoms with Crippen LogP contribution < -0.4 is 0 Å². The van der Waals surface area contributed by atoms with Crippen LogP contribution in [0.5, 0.6) is 0 Å². The van der Waals surface area contributed by atoms with E-state index in [0.29, 0.717) is 5.92 Å². The zero-order valence-corrected chi connectivity index (χ0v) is 14.1. The number of rotatable bonds is 4. The summed E-state index contributed by atoms with van der Waals surface area (Å²) in [6.07, 6.45) is 2.49. The molecule has 2 aromatic rings. The summed E-state index contributed by atoms with van der Waals surface area (Å²) in [6, 6.07) is 1.95. The highest BCUT2D eigenvalue weighted by Gasteiger charge is 2.27. The van der Waals surface area contributed by atoms with E-state index in [2.05, 4.69) is 18.9 Å². The Labute approximate surface area is 131 Å². The molecule has 0 saturated heterocycles. The molecule has 1 fully saturated rings. The molecule has 5 nitrogen and oxygen atoms in total. The summed E-state index contributed by atoms with van der Waals surface area (Å²) in [4.78, 5) is 19.5. The average Bonchev–Trinajstić information content (AvgIpc) is 3.23. The van der Waals surface area contributed by atoms with Crippen LogP contribution in [0.15, 0.2) is 6.07 Å². The van der Waals surface area contributed by atoms with Gasteiger partial charge in [-0.05, 0) is 37.7 Å². The lowest BCUT2D eigenvalue weighted by Gasteiger charge is -2.18. The van der Waals surface area contributed by atoms with Crippen LogP contribution in [0.3, 0.4) is 0 Å². The quantitative estimate of drug-likeness (QED) is 0.872. The fourth-order valence-corrected chi connectivity index (χ4v) is 2.90. The van der Waals surface area contributed by atoms with E-state index in [1.54, 1.807) is 4.68 Å². The first-order valence-electron chi connectivity index (χ1n) is 7.98. The van der Waals surface area contributed by atoms with Crippen LogP contribution in [0.2, 0.25) is 0 Å². The zero-order valence-electron chi connectivity index (χ0n) is 14.1. The summed E-state index contributed by atoms with van der Waals surface area (Å²) in [5.74, 6) is 1.04. The third-order valence-electron chi connectivity index (χ3n) is 4.39. The lowest BCUT2D eigenvalue weighted by molar-refractivity contribution is 0.0790. The number of pyridine rings is 1. The number of aromatic nitrogens is 3. The van der Waals surface area contributed by atoms with Gasteiger partial charge in [-0.15, -0.1) is 0 Å². The van der Waals surface area contributed by atoms with Gasteiger partial charge in [-0.3, -0.25) is 9.48 Å². The minimum atomic E-state index is 0.0808. The van der Waals surface area contributed by atoms with Crippen molar-refractivity contribution in [1.29, 1.82) is 0 Å². The topological polar surface area (TPSA) is 51.0 Å². The van der Waals surface area contributed by atoms with Crippen molar-refractivity contribution in [1.82, 2.24) is 19.7 Å². The van der Waals surface area contributed by atoms with Crippen LogP contribution in [0.4, 0.5) is 0 Å². The zero-order chi connectivity index (χ0) is 16.0. The number of hydrogen-bond acceptors (Lipinski definition) is 3. The second-order valence-corrected chi connectivity index (χ2v) is 6.79. The number of fused-ring (bicyclic) bond motifs is 1. The predicted molar refractivity (Wildman–Crippen MR) is 87.0 cm³/mol. The monoisotopic (exact) mass is 300 g/mol. The Morgan fingerprint density at radius 2 is 2.14 bits per heavy atom. The Morgan fingerprint density at radius 1 is 1.45 bits per heavy atom. The van der Waals surface area contributed by atoms with Gasteiger partial charge in [0.25, 0.3) is 5.91 Å². The Hall–Kier alpha value is -1.91. The number of nitrogens with zero attached hydrogens (tertiary/aromatic N) is 4. The molecule has 1 aliphatic rings. The molecule has 0 aliphatic heterocycles. The van der Waals surface area contributed by atoms with Crippen LogP contribution in [0, 0.1) is 12.8 Å². The molecule has 0 radical (unpaired) electrons. The largest absolute Gasteiger partial charge is 0.341 e. The van der Waals surface area contributed by atoms with Crippen molar-refractivity contribution in [2.24, 2.45) is 13.0 Å². The predicted octanol–water partition coefficient (Wildman–Crippen LogP) is 2.88. The summed E-state index contributed by atoms with van der Waals surface area (Å²) in [5, 5.41) is 5.34. The Balaban J connectivity index is 2.11. The molecule has 0 N–H and O–H groups in total. The Kier molecular flexibility index (Phi) is 3.67. The molecule has 2 aromatic heterocycles. The molecule has 0 aromatic carbocycles. The maximum atomic E-state index is 12.9. The highest BCUT2D eigenvalue weighted by molar-refractivity contribution is 6.06. The lowest BCUT2D eigenvalue weighted by Crippen LogP contribution is -2.29. The fourth-order valence-electron chi connectivity index (χ4n) is 2.90. The molecular formula is C17H24N4O. The molecule has 0 bridgehead atoms. The van der Waals surface area contributed by atoms with Crippen molar-refractivity contribution < 1.29 is 4.79 Å². The first-order valence-corrected chi connectivity index (χ1v) is 7.98. The standard InChI is InChI=1S/C17H24N4O/c1-10(2)14-8-13(17(22)20(4)9-12-6-7-12)15-11(3)19-21(5)16(15)18-14/h8,10,12H,6-7,9H2,1-5H3. The van der Waals surface area contributed by atoms with E-state index < -0.39 is 0 Å². The molecule has 118 valence electrons. The maximum Gasteiger partial charge on any atom is 0.254 e. The van der Waals surface area contributed by atoms with Crippen LogP contribution in [-0.2, 0) is 7.05 Å². The summed E-state index contributed by atoms with van der Waals surface area (Å²) >= 11 is 0. The third-order valence-corrected chi connectivity index (χ3v) is 4.39. The minimum absolute atomic E-state index is 0.0808. The van der Waals surface area contributed by atoms with Gasteiger partial charge >= 0.3 is 0 Å². The smallest absolute Gasteiger partial charge is 0.254 e. The number of amides is 1. The van der Waals surface area contributed by atoms with E-state index in [4.69, 9.17) is 4.98 Å². The van der Waals surface area contributed by atoms with Gasteiger partial charge in [0.1, 0.15) is 0 Å². The normalized spacial score (nSPS) is 14.8. The average molecular weight is 300 g/mol. The van der Waals surface area contributed by atoms with Crippen LogP contribution in [0.1, 0.15) is 54.4 Å². The molecule has 1 saturated carbocycles. The summed E-state index contributed by atoms with van der Waals surface area (Å²) < 4.78 is 1.77. The van der Waals surface area contributed by atoms with Crippen LogP contribution in [-0.4, -0.2) is 39.2 Å². The number of carbonyl (C=O) groups is 1. The summed E-state index contributed by atoms with van der Waals surface area (Å²) in [6.45, 7) is 6.98.